The largest absolute Gasteiger partial charge is 0.374 e. The maximum Gasteiger partial charge on any atom is 0.0732 e. The summed E-state index contributed by atoms with van der Waals surface area (Å²) < 4.78 is 5.89. The van der Waals surface area contributed by atoms with Crippen molar-refractivity contribution in [3.63, 3.8) is 0 Å². The van der Waals surface area contributed by atoms with Gasteiger partial charge in [-0.2, -0.15) is 0 Å². The third-order valence-electron chi connectivity index (χ3n) is 3.41. The Morgan fingerprint density at radius 2 is 2.00 bits per heavy atom. The Kier molecular flexibility index (Phi) is 2.89. The van der Waals surface area contributed by atoms with Crippen molar-refractivity contribution in [1.82, 2.24) is 5.32 Å². The number of hydrogen-bond acceptors (Lipinski definition) is 2. The Bertz CT molecular complexity index is 171. The van der Waals surface area contributed by atoms with E-state index in [1.165, 1.54) is 32.2 Å². The predicted octanol–water partition coefficient (Wildman–Crippen LogP) is 1.94. The lowest BCUT2D eigenvalue weighted by Crippen LogP contribution is -2.45. The molecule has 13 heavy (non-hydrogen) atoms. The molecule has 0 aliphatic carbocycles. The molecule has 2 aliphatic heterocycles. The van der Waals surface area contributed by atoms with Gasteiger partial charge in [-0.3, -0.25) is 0 Å². The van der Waals surface area contributed by atoms with Gasteiger partial charge in [0.05, 0.1) is 12.2 Å². The van der Waals surface area contributed by atoms with Crippen molar-refractivity contribution in [2.24, 2.45) is 5.92 Å². The van der Waals surface area contributed by atoms with Crippen molar-refractivity contribution in [2.45, 2.75) is 57.8 Å². The van der Waals surface area contributed by atoms with Gasteiger partial charge in [0.1, 0.15) is 0 Å². The molecule has 0 aromatic carbocycles. The molecule has 2 heterocycles. The molecule has 4 atom stereocenters. The van der Waals surface area contributed by atoms with Gasteiger partial charge in [-0.25, -0.2) is 0 Å². The van der Waals surface area contributed by atoms with E-state index in [0.717, 1.165) is 5.92 Å². The van der Waals surface area contributed by atoms with Crippen molar-refractivity contribution in [1.29, 1.82) is 0 Å². The van der Waals surface area contributed by atoms with Gasteiger partial charge in [-0.05, 0) is 45.1 Å². The molecule has 2 rings (SSSR count). The highest BCUT2D eigenvalue weighted by Crippen LogP contribution is 2.27. The summed E-state index contributed by atoms with van der Waals surface area (Å²) in [5.41, 5.74) is 0. The van der Waals surface area contributed by atoms with Crippen molar-refractivity contribution in [3.05, 3.63) is 0 Å². The second-order valence-electron chi connectivity index (χ2n) is 4.75. The molecular formula is C11H21NO. The third-order valence-corrected chi connectivity index (χ3v) is 3.41. The van der Waals surface area contributed by atoms with Crippen molar-refractivity contribution >= 4 is 0 Å². The molecule has 2 fully saturated rings. The van der Waals surface area contributed by atoms with E-state index in [1.807, 2.05) is 0 Å². The van der Waals surface area contributed by atoms with Gasteiger partial charge in [-0.1, -0.05) is 6.92 Å². The Labute approximate surface area is 81.0 Å². The van der Waals surface area contributed by atoms with Gasteiger partial charge >= 0.3 is 0 Å². The van der Waals surface area contributed by atoms with E-state index in [1.54, 1.807) is 0 Å². The summed E-state index contributed by atoms with van der Waals surface area (Å²) >= 11 is 0. The van der Waals surface area contributed by atoms with Crippen LogP contribution in [0.25, 0.3) is 0 Å². The van der Waals surface area contributed by atoms with Gasteiger partial charge < -0.3 is 10.1 Å². The molecule has 0 saturated carbocycles. The maximum absolute atomic E-state index is 5.89. The van der Waals surface area contributed by atoms with E-state index in [0.29, 0.717) is 18.2 Å². The minimum atomic E-state index is 0.490. The summed E-state index contributed by atoms with van der Waals surface area (Å²) in [4.78, 5) is 0. The molecule has 0 bridgehead atoms. The van der Waals surface area contributed by atoms with Crippen LogP contribution in [0.1, 0.15) is 39.5 Å². The summed E-state index contributed by atoms with van der Waals surface area (Å²) in [6.45, 7) is 5.72. The lowest BCUT2D eigenvalue weighted by Gasteiger charge is -2.32. The molecule has 2 nitrogen and oxygen atoms in total. The molecule has 0 aromatic rings. The van der Waals surface area contributed by atoms with E-state index >= 15 is 0 Å². The zero-order chi connectivity index (χ0) is 9.26. The van der Waals surface area contributed by atoms with E-state index in [-0.39, 0.29) is 0 Å². The standard InChI is InChI=1S/C11H21NO/c1-8-5-6-12-10(7-8)11-4-3-9(2)13-11/h8-12H,3-7H2,1-2H3/t8-,9+,10+,11+/m1/s1. The van der Waals surface area contributed by atoms with Crippen LogP contribution in [0.15, 0.2) is 0 Å². The predicted molar refractivity (Wildman–Crippen MR) is 53.8 cm³/mol. The molecule has 76 valence electrons. The van der Waals surface area contributed by atoms with Crippen LogP contribution in [0, 0.1) is 5.92 Å². The highest BCUT2D eigenvalue weighted by atomic mass is 16.5. The van der Waals surface area contributed by atoms with E-state index < -0.39 is 0 Å². The monoisotopic (exact) mass is 183 g/mol. The number of nitrogens with one attached hydrogen (secondary N) is 1. The zero-order valence-electron chi connectivity index (χ0n) is 8.75. The van der Waals surface area contributed by atoms with Crippen molar-refractivity contribution < 1.29 is 4.74 Å². The van der Waals surface area contributed by atoms with Gasteiger partial charge in [0.15, 0.2) is 0 Å². The number of hydrogen-bond donors (Lipinski definition) is 1. The fourth-order valence-electron chi connectivity index (χ4n) is 2.56. The first-order valence-corrected chi connectivity index (χ1v) is 5.64. The summed E-state index contributed by atoms with van der Waals surface area (Å²) in [6, 6.07) is 0.633. The molecular weight excluding hydrogens is 162 g/mol. The Morgan fingerprint density at radius 3 is 2.62 bits per heavy atom. The van der Waals surface area contributed by atoms with Crippen LogP contribution in [0.2, 0.25) is 0 Å². The lowest BCUT2D eigenvalue weighted by molar-refractivity contribution is 0.0210. The average Bonchev–Trinajstić information content (AvgIpc) is 2.52. The quantitative estimate of drug-likeness (QED) is 0.671. The molecule has 2 heteroatoms. The normalized spacial score (nSPS) is 46.6. The van der Waals surface area contributed by atoms with Crippen LogP contribution >= 0.6 is 0 Å². The fraction of sp³-hybridized carbons (Fsp3) is 1.00. The first-order valence-electron chi connectivity index (χ1n) is 5.64. The molecule has 1 N–H and O–H groups in total. The number of piperidine rings is 1. The molecule has 0 unspecified atom stereocenters. The van der Waals surface area contributed by atoms with Gasteiger partial charge in [-0.15, -0.1) is 0 Å². The lowest BCUT2D eigenvalue weighted by atomic mass is 9.90. The Morgan fingerprint density at radius 1 is 1.15 bits per heavy atom. The van der Waals surface area contributed by atoms with Crippen LogP contribution in [-0.4, -0.2) is 24.8 Å². The van der Waals surface area contributed by atoms with Gasteiger partial charge in [0, 0.05) is 6.04 Å². The van der Waals surface area contributed by atoms with E-state index in [2.05, 4.69) is 19.2 Å². The summed E-state index contributed by atoms with van der Waals surface area (Å²) in [7, 11) is 0. The highest BCUT2D eigenvalue weighted by molar-refractivity contribution is 4.86. The van der Waals surface area contributed by atoms with Crippen molar-refractivity contribution in [3.8, 4) is 0 Å². The molecule has 0 amide bonds. The van der Waals surface area contributed by atoms with Crippen LogP contribution in [-0.2, 0) is 4.74 Å². The second kappa shape index (κ2) is 3.97. The fourth-order valence-corrected chi connectivity index (χ4v) is 2.56. The summed E-state index contributed by atoms with van der Waals surface area (Å²) in [5, 5.41) is 3.59. The Hall–Kier alpha value is -0.0800. The maximum atomic E-state index is 5.89. The van der Waals surface area contributed by atoms with E-state index in [4.69, 9.17) is 4.74 Å². The minimum Gasteiger partial charge on any atom is -0.374 e. The molecule has 0 aromatic heterocycles. The molecule has 0 radical (unpaired) electrons. The van der Waals surface area contributed by atoms with Gasteiger partial charge in [0.25, 0.3) is 0 Å². The first kappa shape index (κ1) is 9.47. The van der Waals surface area contributed by atoms with Gasteiger partial charge in [0.2, 0.25) is 0 Å². The Balaban J connectivity index is 1.85. The molecule has 2 saturated heterocycles. The van der Waals surface area contributed by atoms with Crippen LogP contribution in [0.4, 0.5) is 0 Å². The van der Waals surface area contributed by atoms with E-state index in [9.17, 15) is 0 Å². The van der Waals surface area contributed by atoms with Crippen LogP contribution in [0.5, 0.6) is 0 Å². The van der Waals surface area contributed by atoms with Crippen molar-refractivity contribution in [2.75, 3.05) is 6.54 Å². The summed E-state index contributed by atoms with van der Waals surface area (Å²) in [6.07, 6.45) is 6.13. The average molecular weight is 183 g/mol. The second-order valence-corrected chi connectivity index (χ2v) is 4.75. The third kappa shape index (κ3) is 2.23. The SMILES string of the molecule is C[C@@H]1CCN[C@H]([C@@H]2CC[C@H](C)O2)C1. The topological polar surface area (TPSA) is 21.3 Å². The number of ether oxygens (including phenoxy) is 1. The van der Waals surface area contributed by atoms with Crippen LogP contribution < -0.4 is 5.32 Å². The summed E-state index contributed by atoms with van der Waals surface area (Å²) in [5.74, 6) is 0.880. The smallest absolute Gasteiger partial charge is 0.0732 e. The minimum absolute atomic E-state index is 0.490. The highest BCUT2D eigenvalue weighted by Gasteiger charge is 2.31. The molecule has 0 spiro atoms. The first-order chi connectivity index (χ1) is 6.25. The number of rotatable bonds is 1. The van der Waals surface area contributed by atoms with Crippen LogP contribution in [0.3, 0.4) is 0 Å². The zero-order valence-corrected chi connectivity index (χ0v) is 8.75. The molecule has 2 aliphatic rings.